The highest BCUT2D eigenvalue weighted by Crippen LogP contribution is 2.36. The second kappa shape index (κ2) is 6.52. The number of hydrogen-bond acceptors (Lipinski definition) is 4. The third kappa shape index (κ3) is 2.87. The molecule has 0 bridgehead atoms. The van der Waals surface area contributed by atoms with E-state index in [2.05, 4.69) is 21.2 Å². The van der Waals surface area contributed by atoms with Crippen molar-refractivity contribution in [2.45, 2.75) is 25.4 Å². The molecular weight excluding hydrogens is 360 g/mol. The van der Waals surface area contributed by atoms with Crippen LogP contribution in [0.25, 0.3) is 11.8 Å². The molecule has 1 unspecified atom stereocenters. The number of allylic oxidation sites excluding steroid dienone is 1. The average Bonchev–Trinajstić information content (AvgIpc) is 2.91. The van der Waals surface area contributed by atoms with Crippen LogP contribution in [0.3, 0.4) is 0 Å². The van der Waals surface area contributed by atoms with Crippen molar-refractivity contribution in [1.82, 2.24) is 10.2 Å². The monoisotopic (exact) mass is 374 g/mol. The first kappa shape index (κ1) is 15.7. The van der Waals surface area contributed by atoms with Crippen LogP contribution in [0.5, 0.6) is 0 Å². The smallest absolute Gasteiger partial charge is 0.249 e. The maximum absolute atomic E-state index is 12.1. The molecule has 1 N–H and O–H groups in total. The number of imide groups is 1. The summed E-state index contributed by atoms with van der Waals surface area (Å²) < 4.78 is 0. The number of nitrogens with zero attached hydrogens (tertiary/aromatic N) is 1. The molecule has 118 valence electrons. The number of alkyl halides is 1. The lowest BCUT2D eigenvalue weighted by Crippen LogP contribution is -2.50. The van der Waals surface area contributed by atoms with E-state index in [1.54, 1.807) is 4.90 Å². The highest BCUT2D eigenvalue weighted by molar-refractivity contribution is 9.09. The molecule has 2 heterocycles. The van der Waals surface area contributed by atoms with E-state index in [0.29, 0.717) is 18.7 Å². The minimum atomic E-state index is -0.510. The van der Waals surface area contributed by atoms with E-state index in [1.807, 2.05) is 36.3 Å². The van der Waals surface area contributed by atoms with E-state index in [9.17, 15) is 14.4 Å². The van der Waals surface area contributed by atoms with Gasteiger partial charge in [-0.1, -0.05) is 46.3 Å². The Bertz CT molecular complexity index is 750. The lowest BCUT2D eigenvalue weighted by molar-refractivity contribution is -0.136. The van der Waals surface area contributed by atoms with Gasteiger partial charge in [0.05, 0.1) is 0 Å². The maximum Gasteiger partial charge on any atom is 0.249 e. The van der Waals surface area contributed by atoms with Crippen molar-refractivity contribution in [1.29, 1.82) is 0 Å². The molecule has 0 spiro atoms. The number of halogens is 1. The second-order valence-corrected chi connectivity index (χ2v) is 6.12. The lowest BCUT2D eigenvalue weighted by Gasteiger charge is -2.30. The van der Waals surface area contributed by atoms with Gasteiger partial charge >= 0.3 is 0 Å². The minimum Gasteiger partial charge on any atom is -0.346 e. The Morgan fingerprint density at radius 1 is 1.39 bits per heavy atom. The Morgan fingerprint density at radius 3 is 2.91 bits per heavy atom. The van der Waals surface area contributed by atoms with Crippen LogP contribution in [-0.4, -0.2) is 34.0 Å². The van der Waals surface area contributed by atoms with Crippen molar-refractivity contribution < 1.29 is 14.4 Å². The zero-order chi connectivity index (χ0) is 16.4. The predicted molar refractivity (Wildman–Crippen MR) is 90.1 cm³/mol. The minimum absolute atomic E-state index is 0.263. The summed E-state index contributed by atoms with van der Waals surface area (Å²) in [5.74, 6) is 1.37. The van der Waals surface area contributed by atoms with E-state index in [-0.39, 0.29) is 18.2 Å². The molecule has 1 saturated heterocycles. The van der Waals surface area contributed by atoms with Gasteiger partial charge in [-0.2, -0.15) is 0 Å². The van der Waals surface area contributed by atoms with Gasteiger partial charge in [-0.25, -0.2) is 4.79 Å². The molecule has 0 saturated carbocycles. The predicted octanol–water partition coefficient (Wildman–Crippen LogP) is 1.89. The molecule has 1 aromatic rings. The van der Waals surface area contributed by atoms with E-state index in [4.69, 9.17) is 0 Å². The van der Waals surface area contributed by atoms with Crippen molar-refractivity contribution in [2.24, 2.45) is 0 Å². The fourth-order valence-electron chi connectivity index (χ4n) is 3.09. The number of carbonyl (C=O) groups is 2. The first-order valence-electron chi connectivity index (χ1n) is 7.36. The normalized spacial score (nSPS) is 20.7. The third-order valence-corrected chi connectivity index (χ3v) is 4.53. The summed E-state index contributed by atoms with van der Waals surface area (Å²) in [7, 11) is 0. The number of amides is 2. The van der Waals surface area contributed by atoms with Crippen LogP contribution in [0.4, 0.5) is 0 Å². The van der Waals surface area contributed by atoms with Gasteiger partial charge in [-0.15, -0.1) is 0 Å². The number of piperidine rings is 1. The van der Waals surface area contributed by atoms with E-state index >= 15 is 0 Å². The zero-order valence-corrected chi connectivity index (χ0v) is 13.9. The van der Waals surface area contributed by atoms with Crippen LogP contribution in [-0.2, 0) is 20.9 Å². The first-order valence-corrected chi connectivity index (χ1v) is 8.48. The highest BCUT2D eigenvalue weighted by atomic mass is 79.9. The Morgan fingerprint density at radius 2 is 2.22 bits per heavy atom. The van der Waals surface area contributed by atoms with E-state index in [0.717, 1.165) is 22.0 Å². The van der Waals surface area contributed by atoms with Gasteiger partial charge in [0.15, 0.2) is 5.94 Å². The molecule has 3 rings (SSSR count). The Labute approximate surface area is 142 Å². The van der Waals surface area contributed by atoms with Gasteiger partial charge in [0.25, 0.3) is 0 Å². The first-order chi connectivity index (χ1) is 11.2. The number of rotatable bonds is 3. The number of hydrogen-bond donors (Lipinski definition) is 1. The van der Waals surface area contributed by atoms with Crippen molar-refractivity contribution in [3.05, 3.63) is 41.0 Å². The van der Waals surface area contributed by atoms with Crippen molar-refractivity contribution in [2.75, 3.05) is 5.33 Å². The fourth-order valence-corrected chi connectivity index (χ4v) is 3.28. The van der Waals surface area contributed by atoms with Gasteiger partial charge in [0.1, 0.15) is 11.7 Å². The van der Waals surface area contributed by atoms with Gasteiger partial charge in [0.2, 0.25) is 11.8 Å². The Kier molecular flexibility index (Phi) is 4.46. The summed E-state index contributed by atoms with van der Waals surface area (Å²) in [6.45, 7) is 0.467. The molecule has 2 aliphatic rings. The summed E-state index contributed by atoms with van der Waals surface area (Å²) in [6, 6.07) is 5.23. The van der Waals surface area contributed by atoms with E-state index < -0.39 is 6.04 Å². The summed E-state index contributed by atoms with van der Waals surface area (Å²) in [5, 5.41) is 3.08. The molecule has 5 nitrogen and oxygen atoms in total. The highest BCUT2D eigenvalue weighted by Gasteiger charge is 2.38. The second-order valence-electron chi connectivity index (χ2n) is 5.48. The number of nitrogens with one attached hydrogen (secondary N) is 1. The number of fused-ring (bicyclic) bond motifs is 1. The molecule has 1 atom stereocenters. The van der Waals surface area contributed by atoms with E-state index in [1.165, 1.54) is 0 Å². The van der Waals surface area contributed by atoms with Gasteiger partial charge < -0.3 is 4.90 Å². The Hall–Kier alpha value is -2.17. The summed E-state index contributed by atoms with van der Waals surface area (Å²) in [5.41, 5.74) is 3.22. The van der Waals surface area contributed by atoms with Crippen molar-refractivity contribution in [3.63, 3.8) is 0 Å². The van der Waals surface area contributed by atoms with Crippen LogP contribution < -0.4 is 5.32 Å². The van der Waals surface area contributed by atoms with Gasteiger partial charge in [-0.3, -0.25) is 14.9 Å². The standard InChI is InChI=1S/C17H15BrN2O3/c18-8-2-4-11-3-1-5-12-13(11)9-20(15(12)10-21)14-6-7-16(22)19-17(14)23/h1-5,14H,6-9H2,(H,19,22,23)/b4-2+. The fraction of sp³-hybridized carbons (Fsp3) is 0.294. The van der Waals surface area contributed by atoms with Crippen LogP contribution in [0.2, 0.25) is 0 Å². The molecule has 0 aromatic heterocycles. The maximum atomic E-state index is 12.1. The molecule has 23 heavy (non-hydrogen) atoms. The van der Waals surface area contributed by atoms with Crippen LogP contribution in [0.15, 0.2) is 24.3 Å². The summed E-state index contributed by atoms with van der Waals surface area (Å²) in [6.07, 6.45) is 4.67. The SMILES string of the molecule is O=C=C1c2cccc(/C=C/CBr)c2CN1C1CCC(=O)NC1=O. The molecule has 2 aliphatic heterocycles. The molecule has 6 heteroatoms. The van der Waals surface area contributed by atoms with Gasteiger partial charge in [-0.05, 0) is 17.5 Å². The average molecular weight is 375 g/mol. The lowest BCUT2D eigenvalue weighted by atomic mass is 10.0. The number of carbonyl (C=O) groups excluding carboxylic acids is 3. The third-order valence-electron chi connectivity index (χ3n) is 4.15. The van der Waals surface area contributed by atoms with Crippen LogP contribution in [0, 0.1) is 0 Å². The summed E-state index contributed by atoms with van der Waals surface area (Å²) >= 11 is 3.35. The van der Waals surface area contributed by atoms with Gasteiger partial charge in [0, 0.05) is 23.9 Å². The molecule has 0 aliphatic carbocycles. The largest absolute Gasteiger partial charge is 0.346 e. The topological polar surface area (TPSA) is 66.5 Å². The van der Waals surface area contributed by atoms with Crippen molar-refractivity contribution >= 4 is 45.5 Å². The van der Waals surface area contributed by atoms with Crippen LogP contribution >= 0.6 is 15.9 Å². The molecule has 0 radical (unpaired) electrons. The molecule has 1 aromatic carbocycles. The number of benzene rings is 1. The molecule has 2 amide bonds. The quantitative estimate of drug-likeness (QED) is 0.498. The summed E-state index contributed by atoms with van der Waals surface area (Å²) in [4.78, 5) is 36.7. The molecule has 1 fully saturated rings. The van der Waals surface area contributed by atoms with Crippen LogP contribution in [0.1, 0.15) is 29.5 Å². The van der Waals surface area contributed by atoms with Crippen molar-refractivity contribution in [3.8, 4) is 0 Å². The zero-order valence-electron chi connectivity index (χ0n) is 12.3. The Balaban J connectivity index is 1.97. The molecular formula is C17H15BrN2O3.